The number of nitrogens with zero attached hydrogens (tertiary/aromatic N) is 4. The maximum atomic E-state index is 11.3. The lowest BCUT2D eigenvalue weighted by Crippen LogP contribution is -2.48. The van der Waals surface area contributed by atoms with E-state index in [4.69, 9.17) is 9.26 Å². The molecule has 1 aliphatic heterocycles. The summed E-state index contributed by atoms with van der Waals surface area (Å²) in [7, 11) is 3.50. The predicted molar refractivity (Wildman–Crippen MR) is 76.6 cm³/mol. The Balaban J connectivity index is 1.92. The Kier molecular flexibility index (Phi) is 5.30. The third kappa shape index (κ3) is 4.25. The van der Waals surface area contributed by atoms with E-state index in [0.717, 1.165) is 26.2 Å². The van der Waals surface area contributed by atoms with Gasteiger partial charge < -0.3 is 9.26 Å². The monoisotopic (exact) mass is 296 g/mol. The number of piperazine rings is 1. The molecule has 21 heavy (non-hydrogen) atoms. The zero-order valence-electron chi connectivity index (χ0n) is 13.2. The highest BCUT2D eigenvalue weighted by molar-refractivity contribution is 5.69. The molecular weight excluding hydrogens is 272 g/mol. The Morgan fingerprint density at radius 2 is 2.29 bits per heavy atom. The van der Waals surface area contributed by atoms with Gasteiger partial charge in [-0.05, 0) is 19.9 Å². The Morgan fingerprint density at radius 3 is 2.90 bits per heavy atom. The van der Waals surface area contributed by atoms with Gasteiger partial charge in [0.25, 0.3) is 0 Å². The molecule has 1 aromatic rings. The van der Waals surface area contributed by atoms with Crippen molar-refractivity contribution in [2.45, 2.75) is 26.3 Å². The summed E-state index contributed by atoms with van der Waals surface area (Å²) in [6.45, 7) is 7.52. The summed E-state index contributed by atoms with van der Waals surface area (Å²) in [5, 5.41) is 3.87. The second-order valence-electron chi connectivity index (χ2n) is 5.82. The van der Waals surface area contributed by atoms with E-state index in [2.05, 4.69) is 33.9 Å². The number of hydrogen-bond donors (Lipinski definition) is 0. The summed E-state index contributed by atoms with van der Waals surface area (Å²) in [5.74, 6) is 1.45. The number of hydrogen-bond acceptors (Lipinski definition) is 7. The minimum Gasteiger partial charge on any atom is -0.469 e. The third-order valence-electron chi connectivity index (χ3n) is 3.87. The van der Waals surface area contributed by atoms with Gasteiger partial charge in [0, 0.05) is 32.6 Å². The number of carbonyl (C=O) groups excluding carboxylic acids is 1. The maximum absolute atomic E-state index is 11.3. The van der Waals surface area contributed by atoms with Crippen molar-refractivity contribution in [3.05, 3.63) is 11.7 Å². The standard InChI is InChI=1S/C14H24N4O3/c1-10(7-13(19)20-4)8-18-6-5-17(3)12(9-18)14-15-11(2)16-21-14/h10,12H,5-9H2,1-4H3. The predicted octanol–water partition coefficient (Wildman–Crippen LogP) is 0.866. The van der Waals surface area contributed by atoms with E-state index in [0.29, 0.717) is 18.1 Å². The lowest BCUT2D eigenvalue weighted by molar-refractivity contribution is -0.141. The zero-order valence-corrected chi connectivity index (χ0v) is 13.2. The van der Waals surface area contributed by atoms with Crippen LogP contribution >= 0.6 is 0 Å². The van der Waals surface area contributed by atoms with Gasteiger partial charge in [-0.25, -0.2) is 0 Å². The Hall–Kier alpha value is -1.47. The Labute approximate surface area is 125 Å². The van der Waals surface area contributed by atoms with Crippen LogP contribution in [0.1, 0.15) is 31.1 Å². The van der Waals surface area contributed by atoms with Crippen molar-refractivity contribution < 1.29 is 14.1 Å². The molecule has 0 aliphatic carbocycles. The molecule has 2 atom stereocenters. The molecule has 0 aromatic carbocycles. The minimum atomic E-state index is -0.152. The number of methoxy groups -OCH3 is 1. The second kappa shape index (κ2) is 7.00. The average Bonchev–Trinajstić information content (AvgIpc) is 2.87. The second-order valence-corrected chi connectivity index (χ2v) is 5.82. The van der Waals surface area contributed by atoms with Crippen LogP contribution in [-0.2, 0) is 9.53 Å². The van der Waals surface area contributed by atoms with Gasteiger partial charge in [0.15, 0.2) is 5.82 Å². The van der Waals surface area contributed by atoms with Crippen molar-refractivity contribution in [3.63, 3.8) is 0 Å². The topological polar surface area (TPSA) is 71.7 Å². The van der Waals surface area contributed by atoms with Crippen LogP contribution < -0.4 is 0 Å². The average molecular weight is 296 g/mol. The summed E-state index contributed by atoms with van der Waals surface area (Å²) in [6, 6.07) is 0.116. The number of likely N-dealkylation sites (N-methyl/N-ethyl adjacent to an activating group) is 1. The number of rotatable bonds is 5. The molecule has 1 aliphatic rings. The minimum absolute atomic E-state index is 0.116. The molecule has 2 rings (SSSR count). The zero-order chi connectivity index (χ0) is 15.4. The van der Waals surface area contributed by atoms with Gasteiger partial charge in [-0.1, -0.05) is 12.1 Å². The van der Waals surface area contributed by atoms with Crippen LogP contribution in [0.2, 0.25) is 0 Å². The fourth-order valence-corrected chi connectivity index (χ4v) is 2.68. The molecule has 7 heteroatoms. The fourth-order valence-electron chi connectivity index (χ4n) is 2.68. The highest BCUT2D eigenvalue weighted by Crippen LogP contribution is 2.23. The highest BCUT2D eigenvalue weighted by Gasteiger charge is 2.30. The Bertz CT molecular complexity index is 477. The lowest BCUT2D eigenvalue weighted by Gasteiger charge is -2.38. The highest BCUT2D eigenvalue weighted by atomic mass is 16.5. The first-order valence-electron chi connectivity index (χ1n) is 7.29. The molecule has 0 N–H and O–H groups in total. The molecule has 2 unspecified atom stereocenters. The summed E-state index contributed by atoms with van der Waals surface area (Å²) in [5.41, 5.74) is 0. The maximum Gasteiger partial charge on any atom is 0.305 e. The molecule has 1 fully saturated rings. The van der Waals surface area contributed by atoms with Gasteiger partial charge in [-0.3, -0.25) is 14.6 Å². The molecule has 7 nitrogen and oxygen atoms in total. The fraction of sp³-hybridized carbons (Fsp3) is 0.786. The van der Waals surface area contributed by atoms with Crippen LogP contribution in [0, 0.1) is 12.8 Å². The van der Waals surface area contributed by atoms with Crippen LogP contribution in [0.5, 0.6) is 0 Å². The van der Waals surface area contributed by atoms with Crippen LogP contribution in [0.15, 0.2) is 4.52 Å². The molecule has 0 radical (unpaired) electrons. The van der Waals surface area contributed by atoms with Gasteiger partial charge in [0.1, 0.15) is 6.04 Å². The third-order valence-corrected chi connectivity index (χ3v) is 3.87. The van der Waals surface area contributed by atoms with Crippen LogP contribution in [0.3, 0.4) is 0 Å². The van der Waals surface area contributed by atoms with Gasteiger partial charge >= 0.3 is 5.97 Å². The van der Waals surface area contributed by atoms with Crippen molar-refractivity contribution >= 4 is 5.97 Å². The van der Waals surface area contributed by atoms with Crippen LogP contribution in [-0.4, -0.2) is 66.2 Å². The van der Waals surface area contributed by atoms with E-state index < -0.39 is 0 Å². The van der Waals surface area contributed by atoms with Gasteiger partial charge in [-0.15, -0.1) is 0 Å². The summed E-state index contributed by atoms with van der Waals surface area (Å²) >= 11 is 0. The smallest absolute Gasteiger partial charge is 0.305 e. The molecular formula is C14H24N4O3. The van der Waals surface area contributed by atoms with Crippen molar-refractivity contribution in [2.75, 3.05) is 40.3 Å². The molecule has 1 saturated heterocycles. The summed E-state index contributed by atoms with van der Waals surface area (Å²) in [4.78, 5) is 20.2. The van der Waals surface area contributed by atoms with E-state index in [-0.39, 0.29) is 17.9 Å². The van der Waals surface area contributed by atoms with E-state index in [1.54, 1.807) is 0 Å². The van der Waals surface area contributed by atoms with E-state index >= 15 is 0 Å². The van der Waals surface area contributed by atoms with E-state index in [9.17, 15) is 4.79 Å². The molecule has 1 aromatic heterocycles. The molecule has 118 valence electrons. The first kappa shape index (κ1) is 15.9. The van der Waals surface area contributed by atoms with E-state index in [1.165, 1.54) is 7.11 Å². The van der Waals surface area contributed by atoms with Gasteiger partial charge in [-0.2, -0.15) is 4.98 Å². The van der Waals surface area contributed by atoms with Crippen molar-refractivity contribution in [2.24, 2.45) is 5.92 Å². The van der Waals surface area contributed by atoms with Gasteiger partial charge in [0.05, 0.1) is 7.11 Å². The number of aryl methyl sites for hydroxylation is 1. The molecule has 2 heterocycles. The largest absolute Gasteiger partial charge is 0.469 e. The van der Waals surface area contributed by atoms with E-state index in [1.807, 2.05) is 6.92 Å². The number of esters is 1. The normalized spacial score (nSPS) is 22.2. The molecule has 0 amide bonds. The molecule has 0 spiro atoms. The Morgan fingerprint density at radius 1 is 1.52 bits per heavy atom. The molecule has 0 saturated carbocycles. The van der Waals surface area contributed by atoms with Crippen molar-refractivity contribution in [1.29, 1.82) is 0 Å². The van der Waals surface area contributed by atoms with Crippen LogP contribution in [0.4, 0.5) is 0 Å². The first-order chi connectivity index (χ1) is 9.99. The molecule has 0 bridgehead atoms. The number of aromatic nitrogens is 2. The number of ether oxygens (including phenoxy) is 1. The van der Waals surface area contributed by atoms with Crippen molar-refractivity contribution in [3.8, 4) is 0 Å². The number of carbonyl (C=O) groups is 1. The quantitative estimate of drug-likeness (QED) is 0.746. The summed E-state index contributed by atoms with van der Waals surface area (Å²) in [6.07, 6.45) is 0.452. The van der Waals surface area contributed by atoms with Crippen molar-refractivity contribution in [1.82, 2.24) is 19.9 Å². The van der Waals surface area contributed by atoms with Gasteiger partial charge in [0.2, 0.25) is 5.89 Å². The van der Waals surface area contributed by atoms with Crippen LogP contribution in [0.25, 0.3) is 0 Å². The first-order valence-corrected chi connectivity index (χ1v) is 7.29. The lowest BCUT2D eigenvalue weighted by atomic mass is 10.1. The summed E-state index contributed by atoms with van der Waals surface area (Å²) < 4.78 is 10.0. The SMILES string of the molecule is COC(=O)CC(C)CN1CCN(C)C(c2nc(C)no2)C1.